The van der Waals surface area contributed by atoms with Crippen LogP contribution in [0.2, 0.25) is 0 Å². The molecule has 6 heteroatoms. The minimum Gasteiger partial charge on any atom is -0.486 e. The molecule has 2 heterocycles. The molecule has 28 heavy (non-hydrogen) atoms. The van der Waals surface area contributed by atoms with E-state index in [4.69, 9.17) is 9.47 Å². The van der Waals surface area contributed by atoms with Crippen LogP contribution in [0.15, 0.2) is 18.2 Å². The van der Waals surface area contributed by atoms with Crippen molar-refractivity contribution in [1.82, 2.24) is 15.1 Å². The van der Waals surface area contributed by atoms with Crippen LogP contribution in [-0.4, -0.2) is 28.9 Å². The van der Waals surface area contributed by atoms with Gasteiger partial charge in [0.15, 0.2) is 11.5 Å². The summed E-state index contributed by atoms with van der Waals surface area (Å²) < 4.78 is 13.2. The molecule has 0 aliphatic carbocycles. The lowest BCUT2D eigenvalue weighted by Gasteiger charge is -2.21. The molecule has 0 saturated carbocycles. The summed E-state index contributed by atoms with van der Waals surface area (Å²) in [4.78, 5) is 12.5. The third-order valence-electron chi connectivity index (χ3n) is 5.12. The predicted octanol–water partition coefficient (Wildman–Crippen LogP) is 3.74. The minimum atomic E-state index is -0.0887. The topological polar surface area (TPSA) is 65.4 Å². The number of fused-ring (bicyclic) bond motifs is 1. The average molecular weight is 386 g/mol. The lowest BCUT2D eigenvalue weighted by molar-refractivity contribution is -0.121. The van der Waals surface area contributed by atoms with Crippen LogP contribution in [0.25, 0.3) is 0 Å². The van der Waals surface area contributed by atoms with Gasteiger partial charge in [-0.15, -0.1) is 0 Å². The van der Waals surface area contributed by atoms with E-state index in [-0.39, 0.29) is 11.9 Å². The van der Waals surface area contributed by atoms with E-state index in [9.17, 15) is 4.79 Å². The van der Waals surface area contributed by atoms with Gasteiger partial charge in [-0.25, -0.2) is 0 Å². The lowest BCUT2D eigenvalue weighted by atomic mass is 10.1. The average Bonchev–Trinajstić information content (AvgIpc) is 2.92. The number of hydrogen-bond donors (Lipinski definition) is 1. The number of carbonyl (C=O) groups excluding carboxylic acids is 1. The monoisotopic (exact) mass is 385 g/mol. The lowest BCUT2D eigenvalue weighted by Crippen LogP contribution is -2.27. The highest BCUT2D eigenvalue weighted by molar-refractivity contribution is 5.76. The maximum absolute atomic E-state index is 12.5. The van der Waals surface area contributed by atoms with Gasteiger partial charge in [0.05, 0.1) is 11.7 Å². The number of ether oxygens (including phenoxy) is 2. The standard InChI is InChI=1S/C22H31N3O3/c1-14(2)13-25-17(5)19(16(4)24-25)7-9-22(26)23-15(3)18-6-8-20-21(12-18)28-11-10-27-20/h6,8,12,14-15H,7,9-11,13H2,1-5H3,(H,23,26). The van der Waals surface area contributed by atoms with Gasteiger partial charge in [-0.2, -0.15) is 5.10 Å². The van der Waals surface area contributed by atoms with Crippen molar-refractivity contribution in [2.45, 2.75) is 60.0 Å². The van der Waals surface area contributed by atoms with Crippen molar-refractivity contribution in [2.75, 3.05) is 13.2 Å². The third kappa shape index (κ3) is 4.66. The Morgan fingerprint density at radius 2 is 1.89 bits per heavy atom. The van der Waals surface area contributed by atoms with Crippen molar-refractivity contribution >= 4 is 5.91 Å². The second-order valence-corrected chi connectivity index (χ2v) is 7.92. The van der Waals surface area contributed by atoms with Crippen LogP contribution in [0.3, 0.4) is 0 Å². The fourth-order valence-corrected chi connectivity index (χ4v) is 3.58. The summed E-state index contributed by atoms with van der Waals surface area (Å²) in [6.45, 7) is 12.5. The molecule has 0 radical (unpaired) electrons. The van der Waals surface area contributed by atoms with Gasteiger partial charge in [-0.3, -0.25) is 9.48 Å². The quantitative estimate of drug-likeness (QED) is 0.789. The number of rotatable bonds is 7. The summed E-state index contributed by atoms with van der Waals surface area (Å²) in [5.41, 5.74) is 4.38. The van der Waals surface area contributed by atoms with E-state index in [2.05, 4.69) is 35.9 Å². The van der Waals surface area contributed by atoms with E-state index in [1.165, 1.54) is 11.3 Å². The van der Waals surface area contributed by atoms with Gasteiger partial charge in [0.2, 0.25) is 5.91 Å². The van der Waals surface area contributed by atoms with Gasteiger partial charge in [0, 0.05) is 18.7 Å². The fraction of sp³-hybridized carbons (Fsp3) is 0.545. The Bertz CT molecular complexity index is 842. The van der Waals surface area contributed by atoms with Crippen LogP contribution in [0.1, 0.15) is 55.7 Å². The Morgan fingerprint density at radius 1 is 1.18 bits per heavy atom. The zero-order valence-corrected chi connectivity index (χ0v) is 17.5. The number of aryl methyl sites for hydroxylation is 1. The molecule has 3 rings (SSSR count). The summed E-state index contributed by atoms with van der Waals surface area (Å²) in [6.07, 6.45) is 1.15. The highest BCUT2D eigenvalue weighted by Crippen LogP contribution is 2.32. The molecule has 1 unspecified atom stereocenters. The molecule has 1 aromatic carbocycles. The molecule has 1 N–H and O–H groups in total. The summed E-state index contributed by atoms with van der Waals surface area (Å²) in [6, 6.07) is 5.74. The van der Waals surface area contributed by atoms with Crippen molar-refractivity contribution in [1.29, 1.82) is 0 Å². The van der Waals surface area contributed by atoms with Crippen molar-refractivity contribution < 1.29 is 14.3 Å². The zero-order chi connectivity index (χ0) is 20.3. The molecule has 6 nitrogen and oxygen atoms in total. The first kappa shape index (κ1) is 20.2. The number of hydrogen-bond acceptors (Lipinski definition) is 4. The molecule has 1 amide bonds. The Balaban J connectivity index is 1.58. The number of carbonyl (C=O) groups is 1. The first-order valence-electron chi connectivity index (χ1n) is 10.1. The van der Waals surface area contributed by atoms with Crippen LogP contribution >= 0.6 is 0 Å². The Hall–Kier alpha value is -2.50. The Kier molecular flexibility index (Phi) is 6.27. The Labute approximate surface area is 167 Å². The van der Waals surface area contributed by atoms with Gasteiger partial charge < -0.3 is 14.8 Å². The molecule has 1 atom stereocenters. The van der Waals surface area contributed by atoms with Crippen LogP contribution in [0.5, 0.6) is 11.5 Å². The molecule has 2 aromatic rings. The maximum Gasteiger partial charge on any atom is 0.220 e. The molecule has 0 fully saturated rings. The smallest absolute Gasteiger partial charge is 0.220 e. The molecular formula is C22H31N3O3. The third-order valence-corrected chi connectivity index (χ3v) is 5.12. The van der Waals surface area contributed by atoms with Gasteiger partial charge >= 0.3 is 0 Å². The number of benzene rings is 1. The number of amides is 1. The van der Waals surface area contributed by atoms with E-state index >= 15 is 0 Å². The summed E-state index contributed by atoms with van der Waals surface area (Å²) in [7, 11) is 0. The minimum absolute atomic E-state index is 0.0396. The largest absolute Gasteiger partial charge is 0.486 e. The summed E-state index contributed by atoms with van der Waals surface area (Å²) >= 11 is 0. The summed E-state index contributed by atoms with van der Waals surface area (Å²) in [5.74, 6) is 2.09. The van der Waals surface area contributed by atoms with Crippen molar-refractivity contribution in [3.63, 3.8) is 0 Å². The number of aromatic nitrogens is 2. The second-order valence-electron chi connectivity index (χ2n) is 7.92. The van der Waals surface area contributed by atoms with E-state index in [1.807, 2.05) is 32.0 Å². The summed E-state index contributed by atoms with van der Waals surface area (Å²) in [5, 5.41) is 7.73. The van der Waals surface area contributed by atoms with Crippen molar-refractivity contribution in [3.8, 4) is 11.5 Å². The number of nitrogens with one attached hydrogen (secondary N) is 1. The van der Waals surface area contributed by atoms with E-state index in [1.54, 1.807) is 0 Å². The van der Waals surface area contributed by atoms with E-state index in [0.29, 0.717) is 32.0 Å². The SMILES string of the molecule is Cc1nn(CC(C)C)c(C)c1CCC(=O)NC(C)c1ccc2c(c1)OCCO2. The fourth-order valence-electron chi connectivity index (χ4n) is 3.58. The maximum atomic E-state index is 12.5. The van der Waals surface area contributed by atoms with E-state index in [0.717, 1.165) is 29.3 Å². The molecule has 0 spiro atoms. The molecular weight excluding hydrogens is 354 g/mol. The molecule has 1 aliphatic rings. The van der Waals surface area contributed by atoms with Crippen LogP contribution in [-0.2, 0) is 17.8 Å². The van der Waals surface area contributed by atoms with Crippen LogP contribution < -0.4 is 14.8 Å². The zero-order valence-electron chi connectivity index (χ0n) is 17.5. The van der Waals surface area contributed by atoms with Crippen LogP contribution in [0, 0.1) is 19.8 Å². The number of nitrogens with zero attached hydrogens (tertiary/aromatic N) is 2. The highest BCUT2D eigenvalue weighted by atomic mass is 16.6. The molecule has 1 aliphatic heterocycles. The Morgan fingerprint density at radius 3 is 2.61 bits per heavy atom. The van der Waals surface area contributed by atoms with Gasteiger partial charge in [-0.05, 0) is 56.4 Å². The van der Waals surface area contributed by atoms with Gasteiger partial charge in [-0.1, -0.05) is 19.9 Å². The van der Waals surface area contributed by atoms with Crippen molar-refractivity contribution in [2.24, 2.45) is 5.92 Å². The van der Waals surface area contributed by atoms with Gasteiger partial charge in [0.25, 0.3) is 0 Å². The second kappa shape index (κ2) is 8.67. The normalized spacial score (nSPS) is 14.2. The molecule has 152 valence electrons. The van der Waals surface area contributed by atoms with Gasteiger partial charge in [0.1, 0.15) is 13.2 Å². The molecule has 0 bridgehead atoms. The predicted molar refractivity (Wildman–Crippen MR) is 109 cm³/mol. The highest BCUT2D eigenvalue weighted by Gasteiger charge is 2.17. The van der Waals surface area contributed by atoms with E-state index < -0.39 is 0 Å². The molecule has 0 saturated heterocycles. The first-order chi connectivity index (χ1) is 13.3. The van der Waals surface area contributed by atoms with Crippen molar-refractivity contribution in [3.05, 3.63) is 40.7 Å². The first-order valence-corrected chi connectivity index (χ1v) is 10.1. The molecule has 1 aromatic heterocycles. The van der Waals surface area contributed by atoms with Crippen LogP contribution in [0.4, 0.5) is 0 Å².